The molecular formula is C11H17N3O2S. The quantitative estimate of drug-likeness (QED) is 0.837. The second-order valence-electron chi connectivity index (χ2n) is 4.54. The van der Waals surface area contributed by atoms with Gasteiger partial charge in [0.15, 0.2) is 0 Å². The number of nitrogens with one attached hydrogen (secondary N) is 1. The Morgan fingerprint density at radius 3 is 2.65 bits per heavy atom. The Morgan fingerprint density at radius 2 is 2.12 bits per heavy atom. The van der Waals surface area contributed by atoms with Crippen molar-refractivity contribution in [2.45, 2.75) is 37.0 Å². The van der Waals surface area contributed by atoms with Crippen LogP contribution in [0.15, 0.2) is 15.7 Å². The maximum absolute atomic E-state index is 11.7. The van der Waals surface area contributed by atoms with E-state index in [9.17, 15) is 9.59 Å². The first-order valence-electron chi connectivity index (χ1n) is 5.71. The Labute approximate surface area is 103 Å². The van der Waals surface area contributed by atoms with Crippen LogP contribution >= 0.6 is 11.8 Å². The summed E-state index contributed by atoms with van der Waals surface area (Å²) in [7, 11) is 0. The van der Waals surface area contributed by atoms with Crippen LogP contribution in [0.2, 0.25) is 0 Å². The molecule has 0 saturated heterocycles. The van der Waals surface area contributed by atoms with Crippen molar-refractivity contribution in [1.29, 1.82) is 0 Å². The molecule has 0 aromatic carbocycles. The van der Waals surface area contributed by atoms with Gasteiger partial charge in [0, 0.05) is 17.4 Å². The van der Waals surface area contributed by atoms with Gasteiger partial charge in [0.1, 0.15) is 5.82 Å². The third-order valence-corrected chi connectivity index (χ3v) is 4.86. The van der Waals surface area contributed by atoms with E-state index in [2.05, 4.69) is 11.2 Å². The fourth-order valence-electron chi connectivity index (χ4n) is 2.44. The molecule has 1 fully saturated rings. The largest absolute Gasteiger partial charge is 0.385 e. The zero-order valence-electron chi connectivity index (χ0n) is 9.86. The van der Waals surface area contributed by atoms with E-state index in [0.29, 0.717) is 6.54 Å². The minimum atomic E-state index is -0.437. The summed E-state index contributed by atoms with van der Waals surface area (Å²) < 4.78 is 1.57. The van der Waals surface area contributed by atoms with E-state index in [4.69, 9.17) is 5.73 Å². The molecule has 0 radical (unpaired) electrons. The molecule has 2 rings (SSSR count). The SMILES string of the molecule is CSC1(Cn2c(N)cc(=O)[nH]c2=O)CCCC1. The molecule has 6 heteroatoms. The molecule has 1 aliphatic rings. The van der Waals surface area contributed by atoms with Gasteiger partial charge in [0.05, 0.1) is 0 Å². The summed E-state index contributed by atoms with van der Waals surface area (Å²) in [4.78, 5) is 25.1. The van der Waals surface area contributed by atoms with Gasteiger partial charge in [-0.1, -0.05) is 12.8 Å². The first-order valence-corrected chi connectivity index (χ1v) is 6.94. The number of aromatic nitrogens is 2. The van der Waals surface area contributed by atoms with Crippen molar-refractivity contribution in [3.63, 3.8) is 0 Å². The number of hydrogen-bond donors (Lipinski definition) is 2. The molecule has 0 aliphatic heterocycles. The zero-order chi connectivity index (χ0) is 12.5. The van der Waals surface area contributed by atoms with E-state index in [-0.39, 0.29) is 10.6 Å². The van der Waals surface area contributed by atoms with Crippen LogP contribution in [0, 0.1) is 0 Å². The second-order valence-corrected chi connectivity index (χ2v) is 5.82. The lowest BCUT2D eigenvalue weighted by atomic mass is 10.1. The van der Waals surface area contributed by atoms with Crippen molar-refractivity contribution in [3.8, 4) is 0 Å². The Kier molecular flexibility index (Phi) is 3.33. The normalized spacial score (nSPS) is 18.4. The molecule has 0 amide bonds. The third kappa shape index (κ3) is 2.41. The molecule has 0 bridgehead atoms. The molecular weight excluding hydrogens is 238 g/mol. The Hall–Kier alpha value is -1.17. The van der Waals surface area contributed by atoms with Gasteiger partial charge >= 0.3 is 5.69 Å². The summed E-state index contributed by atoms with van der Waals surface area (Å²) in [5, 5.41) is 0. The molecule has 1 heterocycles. The van der Waals surface area contributed by atoms with Crippen LogP contribution in [-0.4, -0.2) is 20.6 Å². The standard InChI is InChI=1S/C11H17N3O2S/c1-17-11(4-2-3-5-11)7-14-8(12)6-9(15)13-10(14)16/h6H,2-5,7,12H2,1H3,(H,13,15,16). The first-order chi connectivity index (χ1) is 8.06. The van der Waals surface area contributed by atoms with Crippen LogP contribution < -0.4 is 17.0 Å². The summed E-state index contributed by atoms with van der Waals surface area (Å²) in [6, 6.07) is 1.27. The van der Waals surface area contributed by atoms with Crippen LogP contribution in [0.25, 0.3) is 0 Å². The zero-order valence-corrected chi connectivity index (χ0v) is 10.7. The maximum Gasteiger partial charge on any atom is 0.329 e. The fourth-order valence-corrected chi connectivity index (χ4v) is 3.39. The summed E-state index contributed by atoms with van der Waals surface area (Å²) in [5.74, 6) is 0.249. The Morgan fingerprint density at radius 1 is 1.47 bits per heavy atom. The molecule has 1 saturated carbocycles. The summed E-state index contributed by atoms with van der Waals surface area (Å²) in [6.07, 6.45) is 6.65. The van der Waals surface area contributed by atoms with E-state index in [1.54, 1.807) is 11.8 Å². The maximum atomic E-state index is 11.7. The molecule has 0 unspecified atom stereocenters. The van der Waals surface area contributed by atoms with Gasteiger partial charge < -0.3 is 5.73 Å². The predicted octanol–water partition coefficient (Wildman–Crippen LogP) is 0.795. The van der Waals surface area contributed by atoms with Crippen molar-refractivity contribution >= 4 is 17.6 Å². The highest BCUT2D eigenvalue weighted by atomic mass is 32.2. The number of nitrogens with zero attached hydrogens (tertiary/aromatic N) is 1. The van der Waals surface area contributed by atoms with Crippen molar-refractivity contribution < 1.29 is 0 Å². The molecule has 1 aromatic rings. The topological polar surface area (TPSA) is 80.9 Å². The highest BCUT2D eigenvalue weighted by Gasteiger charge is 2.34. The number of rotatable bonds is 3. The van der Waals surface area contributed by atoms with Crippen LogP contribution in [0.1, 0.15) is 25.7 Å². The number of anilines is 1. The molecule has 5 nitrogen and oxygen atoms in total. The van der Waals surface area contributed by atoms with Gasteiger partial charge in [-0.15, -0.1) is 0 Å². The van der Waals surface area contributed by atoms with Crippen molar-refractivity contribution in [2.75, 3.05) is 12.0 Å². The lowest BCUT2D eigenvalue weighted by Gasteiger charge is -2.27. The number of H-pyrrole nitrogens is 1. The van der Waals surface area contributed by atoms with E-state index in [1.807, 2.05) is 0 Å². The summed E-state index contributed by atoms with van der Waals surface area (Å²) in [6.45, 7) is 0.579. The van der Waals surface area contributed by atoms with Gasteiger partial charge in [0.2, 0.25) is 0 Å². The smallest absolute Gasteiger partial charge is 0.329 e. The van der Waals surface area contributed by atoms with Crippen LogP contribution in [0.4, 0.5) is 5.82 Å². The average Bonchev–Trinajstić information content (AvgIpc) is 2.73. The highest BCUT2D eigenvalue weighted by Crippen LogP contribution is 2.41. The lowest BCUT2D eigenvalue weighted by molar-refractivity contribution is 0.493. The molecule has 94 valence electrons. The molecule has 0 atom stereocenters. The van der Waals surface area contributed by atoms with Crippen LogP contribution in [0.3, 0.4) is 0 Å². The average molecular weight is 255 g/mol. The number of thioether (sulfide) groups is 1. The lowest BCUT2D eigenvalue weighted by Crippen LogP contribution is -2.38. The summed E-state index contributed by atoms with van der Waals surface area (Å²) >= 11 is 1.79. The molecule has 17 heavy (non-hydrogen) atoms. The van der Waals surface area contributed by atoms with E-state index in [1.165, 1.54) is 23.5 Å². The monoisotopic (exact) mass is 255 g/mol. The third-order valence-electron chi connectivity index (χ3n) is 3.46. The number of nitrogen functional groups attached to an aromatic ring is 1. The van der Waals surface area contributed by atoms with Gasteiger partial charge in [0.25, 0.3) is 5.56 Å². The molecule has 0 spiro atoms. The van der Waals surface area contributed by atoms with Gasteiger partial charge in [-0.25, -0.2) is 4.79 Å². The second kappa shape index (κ2) is 4.60. The fraction of sp³-hybridized carbons (Fsp3) is 0.636. The highest BCUT2D eigenvalue weighted by molar-refractivity contribution is 8.00. The van der Waals surface area contributed by atoms with Gasteiger partial charge in [-0.3, -0.25) is 14.3 Å². The summed E-state index contributed by atoms with van der Waals surface area (Å²) in [5.41, 5.74) is 4.90. The van der Waals surface area contributed by atoms with Crippen molar-refractivity contribution in [2.24, 2.45) is 0 Å². The van der Waals surface area contributed by atoms with Crippen molar-refractivity contribution in [1.82, 2.24) is 9.55 Å². The van der Waals surface area contributed by atoms with Crippen LogP contribution in [-0.2, 0) is 6.54 Å². The van der Waals surface area contributed by atoms with E-state index >= 15 is 0 Å². The number of aromatic amines is 1. The first kappa shape index (κ1) is 12.3. The number of hydrogen-bond acceptors (Lipinski definition) is 4. The van der Waals surface area contributed by atoms with Gasteiger partial charge in [-0.2, -0.15) is 11.8 Å². The van der Waals surface area contributed by atoms with Crippen molar-refractivity contribution in [3.05, 3.63) is 26.9 Å². The van der Waals surface area contributed by atoms with E-state index in [0.717, 1.165) is 12.8 Å². The predicted molar refractivity (Wildman–Crippen MR) is 70.4 cm³/mol. The van der Waals surface area contributed by atoms with Gasteiger partial charge in [-0.05, 0) is 19.1 Å². The molecule has 1 aliphatic carbocycles. The minimum Gasteiger partial charge on any atom is -0.385 e. The molecule has 1 aromatic heterocycles. The Bertz CT molecular complexity index is 514. The van der Waals surface area contributed by atoms with E-state index < -0.39 is 11.2 Å². The minimum absolute atomic E-state index is 0.0934. The number of nitrogens with two attached hydrogens (primary N) is 1. The van der Waals surface area contributed by atoms with Crippen LogP contribution in [0.5, 0.6) is 0 Å². The molecule has 3 N–H and O–H groups in total. The Balaban J connectivity index is 2.36.